The minimum absolute atomic E-state index is 0.102. The summed E-state index contributed by atoms with van der Waals surface area (Å²) in [5, 5.41) is 9.78. The summed E-state index contributed by atoms with van der Waals surface area (Å²) in [6.07, 6.45) is 5.37. The van der Waals surface area contributed by atoms with Crippen molar-refractivity contribution in [1.82, 2.24) is 14.5 Å². The fourth-order valence-corrected chi connectivity index (χ4v) is 3.43. The Morgan fingerprint density at radius 3 is 2.30 bits per heavy atom. The van der Waals surface area contributed by atoms with Crippen LogP contribution in [0.1, 0.15) is 70.7 Å². The smallest absolute Gasteiger partial charge is 0.337 e. The van der Waals surface area contributed by atoms with E-state index in [-0.39, 0.29) is 22.7 Å². The Hall–Kier alpha value is -3.20. The normalized spacial score (nSPS) is 10.8. The average Bonchev–Trinajstić information content (AvgIpc) is 3.25. The topological polar surface area (TPSA) is 111 Å². The Balaban J connectivity index is 2.54. The maximum absolute atomic E-state index is 13.3. The second-order valence-electron chi connectivity index (χ2n) is 7.69. The van der Waals surface area contributed by atoms with E-state index in [4.69, 9.17) is 9.47 Å². The van der Waals surface area contributed by atoms with Gasteiger partial charge in [0.15, 0.2) is 0 Å². The van der Waals surface area contributed by atoms with Crippen molar-refractivity contribution in [3.63, 3.8) is 0 Å². The van der Waals surface area contributed by atoms with Crippen LogP contribution in [0.4, 0.5) is 0 Å². The summed E-state index contributed by atoms with van der Waals surface area (Å²) in [6.45, 7) is 6.17. The molecule has 9 heteroatoms. The van der Waals surface area contributed by atoms with E-state index >= 15 is 0 Å². The van der Waals surface area contributed by atoms with E-state index in [0.29, 0.717) is 37.6 Å². The largest absolute Gasteiger partial charge is 0.478 e. The summed E-state index contributed by atoms with van der Waals surface area (Å²) in [5.41, 5.74) is 0.575. The van der Waals surface area contributed by atoms with Gasteiger partial charge in [0.25, 0.3) is 5.91 Å². The van der Waals surface area contributed by atoms with E-state index < -0.39 is 11.9 Å². The molecule has 0 atom stereocenters. The van der Waals surface area contributed by atoms with Crippen molar-refractivity contribution in [3.8, 4) is 11.4 Å². The van der Waals surface area contributed by atoms with E-state index in [1.165, 1.54) is 25.3 Å². The van der Waals surface area contributed by atoms with Crippen LogP contribution < -0.4 is 0 Å². The average molecular weight is 460 g/mol. The Morgan fingerprint density at radius 2 is 1.76 bits per heavy atom. The third-order valence-electron chi connectivity index (χ3n) is 5.29. The molecule has 1 aromatic carbocycles. The number of methoxy groups -OCH3 is 2. The molecule has 2 aromatic rings. The van der Waals surface area contributed by atoms with E-state index in [9.17, 15) is 19.5 Å². The zero-order valence-electron chi connectivity index (χ0n) is 19.8. The van der Waals surface area contributed by atoms with Crippen molar-refractivity contribution in [2.24, 2.45) is 0 Å². The van der Waals surface area contributed by atoms with Crippen LogP contribution in [0.25, 0.3) is 11.4 Å². The number of carboxylic acid groups (broad SMARTS) is 1. The van der Waals surface area contributed by atoms with Gasteiger partial charge >= 0.3 is 11.9 Å². The first-order chi connectivity index (χ1) is 15.9. The van der Waals surface area contributed by atoms with Gasteiger partial charge in [0.2, 0.25) is 0 Å². The van der Waals surface area contributed by atoms with Crippen molar-refractivity contribution in [2.75, 3.05) is 33.9 Å². The molecule has 0 spiro atoms. The first-order valence-corrected chi connectivity index (χ1v) is 11.2. The minimum atomic E-state index is -1.21. The number of aromatic nitrogens is 2. The molecule has 0 saturated heterocycles. The minimum Gasteiger partial charge on any atom is -0.478 e. The van der Waals surface area contributed by atoms with Crippen molar-refractivity contribution in [1.29, 1.82) is 0 Å². The lowest BCUT2D eigenvalue weighted by atomic mass is 10.0. The number of hydrogen-bond acceptors (Lipinski definition) is 6. The number of amides is 1. The van der Waals surface area contributed by atoms with Crippen molar-refractivity contribution < 1.29 is 29.0 Å². The highest BCUT2D eigenvalue weighted by Crippen LogP contribution is 2.26. The number of nitrogens with zero attached hydrogens (tertiary/aromatic N) is 3. The zero-order chi connectivity index (χ0) is 24.4. The number of carbonyl (C=O) groups excluding carboxylic acids is 2. The van der Waals surface area contributed by atoms with Gasteiger partial charge in [-0.2, -0.15) is 0 Å². The molecule has 0 aliphatic carbocycles. The van der Waals surface area contributed by atoms with Gasteiger partial charge in [-0.1, -0.05) is 26.7 Å². The summed E-state index contributed by atoms with van der Waals surface area (Å²) in [4.78, 5) is 43.5. The van der Waals surface area contributed by atoms with Gasteiger partial charge in [-0.15, -0.1) is 0 Å². The summed E-state index contributed by atoms with van der Waals surface area (Å²) < 4.78 is 11.6. The lowest BCUT2D eigenvalue weighted by Crippen LogP contribution is -2.33. The number of ether oxygens (including phenoxy) is 2. The molecule has 1 N–H and O–H groups in total. The lowest BCUT2D eigenvalue weighted by Gasteiger charge is -2.21. The third kappa shape index (κ3) is 6.64. The van der Waals surface area contributed by atoms with Crippen LogP contribution in [-0.4, -0.2) is 71.3 Å². The third-order valence-corrected chi connectivity index (χ3v) is 5.29. The number of unbranched alkanes of at least 4 members (excludes halogenated alkanes) is 2. The predicted octanol–water partition coefficient (Wildman–Crippen LogP) is 3.72. The number of carbonyl (C=O) groups is 3. The lowest BCUT2D eigenvalue weighted by molar-refractivity contribution is 0.0600. The van der Waals surface area contributed by atoms with Crippen LogP contribution in [0.15, 0.2) is 24.4 Å². The quantitative estimate of drug-likeness (QED) is 0.454. The number of benzene rings is 1. The molecule has 0 saturated carbocycles. The van der Waals surface area contributed by atoms with Gasteiger partial charge in [0.1, 0.15) is 11.5 Å². The Kier molecular flexibility index (Phi) is 10.1. The monoisotopic (exact) mass is 459 g/mol. The standard InChI is InChI=1S/C24H33N3O6/c1-5-7-11-26(12-8-6-2)22(28)20-16-27(13-14-32-3)21(25-20)18-10-9-17(24(31)33-4)15-19(18)23(29)30/h9-10,15-16H,5-8,11-14H2,1-4H3,(H,29,30). The fraction of sp³-hybridized carbons (Fsp3) is 0.500. The van der Waals surface area contributed by atoms with E-state index in [1.807, 2.05) is 0 Å². The number of imidazole rings is 1. The molecule has 0 radical (unpaired) electrons. The molecule has 1 aromatic heterocycles. The van der Waals surface area contributed by atoms with Crippen LogP contribution in [0.3, 0.4) is 0 Å². The zero-order valence-corrected chi connectivity index (χ0v) is 19.8. The van der Waals surface area contributed by atoms with Gasteiger partial charge in [-0.3, -0.25) is 4.79 Å². The highest BCUT2D eigenvalue weighted by Gasteiger charge is 2.24. The molecule has 0 aliphatic heterocycles. The number of aromatic carboxylic acids is 1. The maximum Gasteiger partial charge on any atom is 0.337 e. The molecule has 33 heavy (non-hydrogen) atoms. The van der Waals surface area contributed by atoms with E-state index in [0.717, 1.165) is 25.7 Å². The first-order valence-electron chi connectivity index (χ1n) is 11.2. The molecular weight excluding hydrogens is 426 g/mol. The molecule has 9 nitrogen and oxygen atoms in total. The molecule has 1 amide bonds. The summed E-state index contributed by atoms with van der Waals surface area (Å²) in [5.74, 6) is -1.70. The van der Waals surface area contributed by atoms with Crippen molar-refractivity contribution in [3.05, 3.63) is 41.2 Å². The molecule has 0 fully saturated rings. The number of rotatable bonds is 13. The van der Waals surface area contributed by atoms with Crippen LogP contribution >= 0.6 is 0 Å². The molecule has 0 aliphatic rings. The fourth-order valence-electron chi connectivity index (χ4n) is 3.43. The van der Waals surface area contributed by atoms with Gasteiger partial charge in [-0.05, 0) is 31.0 Å². The van der Waals surface area contributed by atoms with Gasteiger partial charge in [-0.25, -0.2) is 14.6 Å². The van der Waals surface area contributed by atoms with Gasteiger partial charge in [0.05, 0.1) is 24.8 Å². The SMILES string of the molecule is CCCCN(CCCC)C(=O)c1cn(CCOC)c(-c2ccc(C(=O)OC)cc2C(=O)O)n1. The summed E-state index contributed by atoms with van der Waals surface area (Å²) >= 11 is 0. The predicted molar refractivity (Wildman–Crippen MR) is 124 cm³/mol. The Labute approximate surface area is 194 Å². The van der Waals surface area contributed by atoms with Gasteiger partial charge < -0.3 is 24.0 Å². The molecule has 0 unspecified atom stereocenters. The molecule has 1 heterocycles. The van der Waals surface area contributed by atoms with Crippen LogP contribution in [0.5, 0.6) is 0 Å². The Morgan fingerprint density at radius 1 is 1.09 bits per heavy atom. The van der Waals surface area contributed by atoms with E-state index in [1.54, 1.807) is 22.8 Å². The van der Waals surface area contributed by atoms with Crippen molar-refractivity contribution in [2.45, 2.75) is 46.1 Å². The Bertz CT molecular complexity index is 961. The first kappa shape index (κ1) is 26.1. The molecular formula is C24H33N3O6. The number of carboxylic acids is 1. The van der Waals surface area contributed by atoms with Crippen LogP contribution in [0, 0.1) is 0 Å². The van der Waals surface area contributed by atoms with E-state index in [2.05, 4.69) is 18.8 Å². The molecule has 180 valence electrons. The second-order valence-corrected chi connectivity index (χ2v) is 7.69. The second kappa shape index (κ2) is 12.7. The summed E-state index contributed by atoms with van der Waals surface area (Å²) in [6, 6.07) is 4.26. The maximum atomic E-state index is 13.3. The number of esters is 1. The van der Waals surface area contributed by atoms with Crippen LogP contribution in [0.2, 0.25) is 0 Å². The molecule has 2 rings (SSSR count). The van der Waals surface area contributed by atoms with Crippen molar-refractivity contribution >= 4 is 17.8 Å². The highest BCUT2D eigenvalue weighted by atomic mass is 16.5. The number of hydrogen-bond donors (Lipinski definition) is 1. The molecule has 0 bridgehead atoms. The highest BCUT2D eigenvalue weighted by molar-refractivity contribution is 6.00. The summed E-state index contributed by atoms with van der Waals surface area (Å²) in [7, 11) is 2.79. The van der Waals surface area contributed by atoms with Crippen LogP contribution in [-0.2, 0) is 16.0 Å². The van der Waals surface area contributed by atoms with Gasteiger partial charge in [0, 0.05) is 38.5 Å².